The van der Waals surface area contributed by atoms with Crippen LogP contribution in [-0.2, 0) is 31.9 Å². The van der Waals surface area contributed by atoms with Gasteiger partial charge in [-0.3, -0.25) is 9.55 Å². The van der Waals surface area contributed by atoms with E-state index in [1.807, 2.05) is 24.4 Å². The molecule has 9 aromatic rings. The molecule has 0 saturated heterocycles. The van der Waals surface area contributed by atoms with Gasteiger partial charge >= 0.3 is 0 Å². The van der Waals surface area contributed by atoms with E-state index in [9.17, 15) is 5.11 Å². The van der Waals surface area contributed by atoms with Crippen LogP contribution in [-0.4, -0.2) is 19.6 Å². The Labute approximate surface area is 380 Å². The third-order valence-corrected chi connectivity index (χ3v) is 12.1. The van der Waals surface area contributed by atoms with Gasteiger partial charge in [-0.05, 0) is 113 Å². The number of hydrogen-bond acceptors (Lipinski definition) is 3. The average molecular weight is 990 g/mol. The standard InChI is InChI=1S/C57H52N3O.Pt/c1-35-29-36(2)52(37(3)30-35)41-32-48(40-18-13-17-39(31-40)46-19-14-20-47-45(27-28-58-53(46)47)38-15-11-10-12-16-38)54-50(33-41)60(44-24-21-42(22-25-44)56(4,5)6)55(59-54)49-34-43(57(7,8)9)23-26-51(49)61;/h10-30,32-34,61H,1-9H3;/q-1;. The average Bonchev–Trinajstić information content (AvgIpc) is 3.61. The summed E-state index contributed by atoms with van der Waals surface area (Å²) in [6, 6.07) is 53.1. The summed E-state index contributed by atoms with van der Waals surface area (Å²) >= 11 is 0. The Morgan fingerprint density at radius 2 is 1.19 bits per heavy atom. The zero-order chi connectivity index (χ0) is 42.8. The van der Waals surface area contributed by atoms with Crippen LogP contribution in [0.5, 0.6) is 5.75 Å². The minimum atomic E-state index is -0.139. The molecule has 4 nitrogen and oxygen atoms in total. The van der Waals surface area contributed by atoms with Gasteiger partial charge in [-0.2, -0.15) is 0 Å². The van der Waals surface area contributed by atoms with Gasteiger partial charge < -0.3 is 5.11 Å². The third-order valence-electron chi connectivity index (χ3n) is 12.1. The molecule has 2 aromatic heterocycles. The Hall–Kier alpha value is -6.09. The molecule has 0 radical (unpaired) electrons. The third kappa shape index (κ3) is 7.82. The summed E-state index contributed by atoms with van der Waals surface area (Å²) < 4.78 is 2.23. The largest absolute Gasteiger partial charge is 0.507 e. The van der Waals surface area contributed by atoms with E-state index >= 15 is 0 Å². The molecule has 1 N–H and O–H groups in total. The van der Waals surface area contributed by atoms with E-state index in [0.717, 1.165) is 72.1 Å². The van der Waals surface area contributed by atoms with Gasteiger partial charge in [0.15, 0.2) is 0 Å². The van der Waals surface area contributed by atoms with E-state index in [2.05, 4.69) is 194 Å². The maximum absolute atomic E-state index is 11.7. The van der Waals surface area contributed by atoms with Gasteiger partial charge in [0.25, 0.3) is 0 Å². The first-order chi connectivity index (χ1) is 29.2. The van der Waals surface area contributed by atoms with Crippen molar-refractivity contribution >= 4 is 21.9 Å². The van der Waals surface area contributed by atoms with Crippen molar-refractivity contribution in [3.63, 3.8) is 0 Å². The molecule has 0 aliphatic heterocycles. The van der Waals surface area contributed by atoms with Gasteiger partial charge in [0.1, 0.15) is 11.6 Å². The number of pyridine rings is 1. The SMILES string of the molecule is Cc1cc(C)c(-c2cc(-c3[c-]c(-c4cccc5c(-c6ccccc6)ccnc45)ccc3)c3nc(-c4cc(C(C)(C)C)ccc4O)n(-c4ccc(C(C)(C)C)cc4)c3c2)c(C)c1.[Pt]. The molecule has 2 heterocycles. The number of aromatic nitrogens is 3. The van der Waals surface area contributed by atoms with Crippen molar-refractivity contribution in [2.45, 2.75) is 73.1 Å². The van der Waals surface area contributed by atoms with E-state index in [0.29, 0.717) is 11.4 Å². The van der Waals surface area contributed by atoms with Gasteiger partial charge in [0.2, 0.25) is 0 Å². The zero-order valence-corrected chi connectivity index (χ0v) is 39.2. The summed E-state index contributed by atoms with van der Waals surface area (Å²) in [4.78, 5) is 10.5. The normalized spacial score (nSPS) is 11.9. The Balaban J connectivity index is 0.00000529. The molecule has 7 aromatic carbocycles. The molecule has 9 rings (SSSR count). The van der Waals surface area contributed by atoms with Crippen LogP contribution in [0.4, 0.5) is 0 Å². The van der Waals surface area contributed by atoms with E-state index in [4.69, 9.17) is 9.97 Å². The molecule has 0 unspecified atom stereocenters. The Kier molecular flexibility index (Phi) is 11.2. The van der Waals surface area contributed by atoms with E-state index in [-0.39, 0.29) is 37.6 Å². The number of aryl methyl sites for hydroxylation is 3. The van der Waals surface area contributed by atoms with Crippen LogP contribution in [0.25, 0.3) is 83.5 Å². The fourth-order valence-corrected chi connectivity index (χ4v) is 8.94. The molecule has 0 bridgehead atoms. The van der Waals surface area contributed by atoms with Crippen molar-refractivity contribution in [1.82, 2.24) is 14.5 Å². The molecule has 0 amide bonds. The predicted molar refractivity (Wildman–Crippen MR) is 256 cm³/mol. The summed E-state index contributed by atoms with van der Waals surface area (Å²) in [5.74, 6) is 0.871. The molecule has 0 atom stereocenters. The number of nitrogens with zero attached hydrogens (tertiary/aromatic N) is 3. The predicted octanol–water partition coefficient (Wildman–Crippen LogP) is 14.9. The molecular weight excluding hydrogens is 938 g/mol. The number of hydrogen-bond donors (Lipinski definition) is 1. The van der Waals surface area contributed by atoms with Gasteiger partial charge in [0, 0.05) is 43.9 Å². The van der Waals surface area contributed by atoms with Crippen LogP contribution in [0.2, 0.25) is 0 Å². The topological polar surface area (TPSA) is 50.9 Å². The number of aromatic hydroxyl groups is 1. The number of imidazole rings is 1. The Morgan fingerprint density at radius 1 is 0.548 bits per heavy atom. The number of rotatable bonds is 6. The van der Waals surface area contributed by atoms with Crippen LogP contribution in [0.15, 0.2) is 146 Å². The summed E-state index contributed by atoms with van der Waals surface area (Å²) in [6.07, 6.45) is 1.91. The Morgan fingerprint density at radius 3 is 1.87 bits per heavy atom. The monoisotopic (exact) mass is 989 g/mol. The number of phenolic OH excluding ortho intramolecular Hbond substituents is 1. The molecular formula is C57H52N3OPt-. The van der Waals surface area contributed by atoms with Gasteiger partial charge in [-0.25, -0.2) is 4.98 Å². The molecule has 62 heavy (non-hydrogen) atoms. The summed E-state index contributed by atoms with van der Waals surface area (Å²) in [6.45, 7) is 19.9. The second kappa shape index (κ2) is 16.3. The van der Waals surface area contributed by atoms with Gasteiger partial charge in [-0.15, -0.1) is 35.4 Å². The van der Waals surface area contributed by atoms with Crippen molar-refractivity contribution in [1.29, 1.82) is 0 Å². The minimum Gasteiger partial charge on any atom is -0.507 e. The molecule has 312 valence electrons. The molecule has 0 spiro atoms. The second-order valence-electron chi connectivity index (χ2n) is 18.6. The van der Waals surface area contributed by atoms with Gasteiger partial charge in [-0.1, -0.05) is 143 Å². The van der Waals surface area contributed by atoms with E-state index in [1.165, 1.54) is 27.8 Å². The van der Waals surface area contributed by atoms with Gasteiger partial charge in [0.05, 0.1) is 16.6 Å². The number of para-hydroxylation sites is 1. The van der Waals surface area contributed by atoms with E-state index in [1.54, 1.807) is 0 Å². The van der Waals surface area contributed by atoms with Crippen molar-refractivity contribution in [2.75, 3.05) is 0 Å². The maximum atomic E-state index is 11.7. The van der Waals surface area contributed by atoms with Crippen LogP contribution in [0.3, 0.4) is 0 Å². The van der Waals surface area contributed by atoms with Crippen molar-refractivity contribution in [2.24, 2.45) is 0 Å². The summed E-state index contributed by atoms with van der Waals surface area (Å²) in [5, 5.41) is 12.8. The quantitative estimate of drug-likeness (QED) is 0.169. The van der Waals surface area contributed by atoms with Crippen LogP contribution < -0.4 is 0 Å². The molecule has 0 saturated carbocycles. The number of phenols is 1. The minimum absolute atomic E-state index is 0. The molecule has 5 heteroatoms. The first kappa shape index (κ1) is 42.6. The molecule has 0 aliphatic carbocycles. The Bertz CT molecular complexity index is 3110. The summed E-state index contributed by atoms with van der Waals surface area (Å²) in [5.41, 5.74) is 18.7. The van der Waals surface area contributed by atoms with E-state index < -0.39 is 0 Å². The van der Waals surface area contributed by atoms with Crippen molar-refractivity contribution < 1.29 is 26.2 Å². The van der Waals surface area contributed by atoms with Crippen LogP contribution in [0, 0.1) is 26.8 Å². The smallest absolute Gasteiger partial charge is 0.148 e. The fraction of sp³-hybridized carbons (Fsp3) is 0.193. The second-order valence-corrected chi connectivity index (χ2v) is 18.6. The first-order valence-corrected chi connectivity index (χ1v) is 21.2. The van der Waals surface area contributed by atoms with Crippen LogP contribution >= 0.6 is 0 Å². The fourth-order valence-electron chi connectivity index (χ4n) is 8.94. The van der Waals surface area contributed by atoms with Crippen molar-refractivity contribution in [3.8, 4) is 67.3 Å². The number of fused-ring (bicyclic) bond motifs is 2. The van der Waals surface area contributed by atoms with Crippen LogP contribution in [0.1, 0.15) is 69.4 Å². The number of benzene rings is 7. The zero-order valence-electron chi connectivity index (χ0n) is 37.0. The molecule has 0 aliphatic rings. The first-order valence-electron chi connectivity index (χ1n) is 21.2. The van der Waals surface area contributed by atoms with Crippen molar-refractivity contribution in [3.05, 3.63) is 180 Å². The molecule has 0 fully saturated rings. The summed E-state index contributed by atoms with van der Waals surface area (Å²) in [7, 11) is 0. The maximum Gasteiger partial charge on any atom is 0.148 e.